The van der Waals surface area contributed by atoms with Crippen molar-refractivity contribution < 1.29 is 9.53 Å². The van der Waals surface area contributed by atoms with Crippen LogP contribution in [0.2, 0.25) is 0 Å². The Bertz CT molecular complexity index is 457. The van der Waals surface area contributed by atoms with Gasteiger partial charge < -0.3 is 15.4 Å². The highest BCUT2D eigenvalue weighted by Crippen LogP contribution is 2.28. The lowest BCUT2D eigenvalue weighted by Crippen LogP contribution is -2.43. The van der Waals surface area contributed by atoms with E-state index in [1.54, 1.807) is 17.2 Å². The summed E-state index contributed by atoms with van der Waals surface area (Å²) in [6, 6.07) is 1.79. The summed E-state index contributed by atoms with van der Waals surface area (Å²) in [5, 5.41) is 0. The van der Waals surface area contributed by atoms with Crippen LogP contribution in [0.5, 0.6) is 0 Å². The van der Waals surface area contributed by atoms with Gasteiger partial charge in [0.2, 0.25) is 0 Å². The maximum absolute atomic E-state index is 12.0. The normalized spacial score (nSPS) is 23.5. The minimum atomic E-state index is -0.611. The SMILES string of the molecule is CC(C)(C)OC(=O)N1CCC(N)(c2ccncn2)C1. The average Bonchev–Trinajstić information content (AvgIpc) is 2.73. The third kappa shape index (κ3) is 3.20. The van der Waals surface area contributed by atoms with Crippen molar-refractivity contribution in [2.75, 3.05) is 13.1 Å². The third-order valence-corrected chi connectivity index (χ3v) is 3.04. The first-order chi connectivity index (χ1) is 8.80. The molecule has 1 atom stereocenters. The van der Waals surface area contributed by atoms with Crippen molar-refractivity contribution in [3.63, 3.8) is 0 Å². The highest BCUT2D eigenvalue weighted by molar-refractivity contribution is 5.68. The Morgan fingerprint density at radius 3 is 2.84 bits per heavy atom. The number of aromatic nitrogens is 2. The molecule has 2 N–H and O–H groups in total. The second-order valence-electron chi connectivity index (χ2n) is 5.90. The summed E-state index contributed by atoms with van der Waals surface area (Å²) in [7, 11) is 0. The van der Waals surface area contributed by atoms with Crippen LogP contribution in [0.3, 0.4) is 0 Å². The van der Waals surface area contributed by atoms with Gasteiger partial charge in [-0.2, -0.15) is 0 Å². The molecule has 2 rings (SSSR count). The van der Waals surface area contributed by atoms with Crippen LogP contribution in [0.25, 0.3) is 0 Å². The lowest BCUT2D eigenvalue weighted by atomic mass is 9.95. The summed E-state index contributed by atoms with van der Waals surface area (Å²) < 4.78 is 5.35. The van der Waals surface area contributed by atoms with E-state index in [0.29, 0.717) is 19.5 Å². The molecule has 1 aliphatic heterocycles. The van der Waals surface area contributed by atoms with Crippen LogP contribution in [0.1, 0.15) is 32.9 Å². The number of hydrogen-bond donors (Lipinski definition) is 1. The van der Waals surface area contributed by atoms with E-state index in [0.717, 1.165) is 5.69 Å². The number of likely N-dealkylation sites (tertiary alicyclic amines) is 1. The molecule has 1 fully saturated rings. The fraction of sp³-hybridized carbons (Fsp3) is 0.615. The van der Waals surface area contributed by atoms with Gasteiger partial charge >= 0.3 is 6.09 Å². The Kier molecular flexibility index (Phi) is 3.45. The van der Waals surface area contributed by atoms with E-state index in [2.05, 4.69) is 9.97 Å². The number of nitrogens with two attached hydrogens (primary N) is 1. The lowest BCUT2D eigenvalue weighted by molar-refractivity contribution is 0.0284. The molecule has 1 amide bonds. The predicted octanol–water partition coefficient (Wildman–Crippen LogP) is 1.27. The first-order valence-corrected chi connectivity index (χ1v) is 6.33. The summed E-state index contributed by atoms with van der Waals surface area (Å²) in [6.07, 6.45) is 3.48. The topological polar surface area (TPSA) is 81.3 Å². The third-order valence-electron chi connectivity index (χ3n) is 3.04. The van der Waals surface area contributed by atoms with Crippen LogP contribution in [0.4, 0.5) is 4.79 Å². The minimum absolute atomic E-state index is 0.325. The Morgan fingerprint density at radius 2 is 2.26 bits per heavy atom. The van der Waals surface area contributed by atoms with Crippen molar-refractivity contribution in [2.24, 2.45) is 5.73 Å². The molecule has 0 spiro atoms. The molecule has 6 heteroatoms. The molecular weight excluding hydrogens is 244 g/mol. The largest absolute Gasteiger partial charge is 0.444 e. The van der Waals surface area contributed by atoms with E-state index in [1.165, 1.54) is 6.33 Å². The maximum atomic E-state index is 12.0. The highest BCUT2D eigenvalue weighted by atomic mass is 16.6. The Hall–Kier alpha value is -1.69. The molecule has 1 saturated heterocycles. The van der Waals surface area contributed by atoms with Crippen LogP contribution in [-0.4, -0.2) is 39.7 Å². The molecule has 1 unspecified atom stereocenters. The van der Waals surface area contributed by atoms with E-state index < -0.39 is 11.1 Å². The molecule has 6 nitrogen and oxygen atoms in total. The summed E-state index contributed by atoms with van der Waals surface area (Å²) in [5.74, 6) is 0. The van der Waals surface area contributed by atoms with Crippen molar-refractivity contribution >= 4 is 6.09 Å². The number of amides is 1. The molecule has 19 heavy (non-hydrogen) atoms. The zero-order chi connectivity index (χ0) is 14.1. The molecule has 0 saturated carbocycles. The van der Waals surface area contributed by atoms with E-state index in [4.69, 9.17) is 10.5 Å². The Morgan fingerprint density at radius 1 is 1.53 bits per heavy atom. The van der Waals surface area contributed by atoms with Gasteiger partial charge in [0.05, 0.1) is 11.2 Å². The quantitative estimate of drug-likeness (QED) is 0.826. The van der Waals surface area contributed by atoms with E-state index in [9.17, 15) is 4.79 Å². The van der Waals surface area contributed by atoms with Gasteiger partial charge in [-0.1, -0.05) is 0 Å². The van der Waals surface area contributed by atoms with Gasteiger partial charge in [0, 0.05) is 19.3 Å². The molecule has 104 valence electrons. The Balaban J connectivity index is 2.06. The second-order valence-corrected chi connectivity index (χ2v) is 5.90. The van der Waals surface area contributed by atoms with E-state index >= 15 is 0 Å². The van der Waals surface area contributed by atoms with Crippen molar-refractivity contribution in [3.05, 3.63) is 24.3 Å². The first kappa shape index (κ1) is 13.7. The molecule has 2 heterocycles. The molecule has 0 aliphatic carbocycles. The standard InChI is InChI=1S/C13H20N4O2/c1-12(2,3)19-11(18)17-7-5-13(14,8-17)10-4-6-15-9-16-10/h4,6,9H,5,7-8,14H2,1-3H3. The highest BCUT2D eigenvalue weighted by Gasteiger charge is 2.40. The number of ether oxygens (including phenoxy) is 1. The molecule has 1 aliphatic rings. The number of rotatable bonds is 1. The van der Waals surface area contributed by atoms with E-state index in [1.807, 2.05) is 20.8 Å². The lowest BCUT2D eigenvalue weighted by Gasteiger charge is -2.26. The monoisotopic (exact) mass is 264 g/mol. The zero-order valence-electron chi connectivity index (χ0n) is 11.6. The molecule has 0 aromatic carbocycles. The smallest absolute Gasteiger partial charge is 0.410 e. The van der Waals surface area contributed by atoms with Gasteiger partial charge in [0.1, 0.15) is 11.9 Å². The molecule has 1 aromatic heterocycles. The fourth-order valence-corrected chi connectivity index (χ4v) is 2.11. The van der Waals surface area contributed by atoms with Crippen molar-refractivity contribution in [1.82, 2.24) is 14.9 Å². The van der Waals surface area contributed by atoms with Crippen molar-refractivity contribution in [2.45, 2.75) is 38.3 Å². The maximum Gasteiger partial charge on any atom is 0.410 e. The van der Waals surface area contributed by atoms with Crippen molar-refractivity contribution in [1.29, 1.82) is 0 Å². The van der Waals surface area contributed by atoms with Crippen LogP contribution in [0.15, 0.2) is 18.6 Å². The van der Waals surface area contributed by atoms with Gasteiger partial charge in [0.25, 0.3) is 0 Å². The number of carbonyl (C=O) groups is 1. The van der Waals surface area contributed by atoms with Crippen molar-refractivity contribution in [3.8, 4) is 0 Å². The zero-order valence-corrected chi connectivity index (χ0v) is 11.6. The minimum Gasteiger partial charge on any atom is -0.444 e. The first-order valence-electron chi connectivity index (χ1n) is 6.33. The fourth-order valence-electron chi connectivity index (χ4n) is 2.11. The summed E-state index contributed by atoms with van der Waals surface area (Å²) in [5.41, 5.74) is 5.99. The molecule has 1 aromatic rings. The number of nitrogens with zero attached hydrogens (tertiary/aromatic N) is 3. The van der Waals surface area contributed by atoms with Gasteiger partial charge in [0.15, 0.2) is 0 Å². The van der Waals surface area contributed by atoms with Gasteiger partial charge in [-0.15, -0.1) is 0 Å². The van der Waals surface area contributed by atoms with E-state index in [-0.39, 0.29) is 6.09 Å². The summed E-state index contributed by atoms with van der Waals surface area (Å²) >= 11 is 0. The predicted molar refractivity (Wildman–Crippen MR) is 70.3 cm³/mol. The molecule has 0 bridgehead atoms. The second kappa shape index (κ2) is 4.77. The number of carbonyl (C=O) groups excluding carboxylic acids is 1. The Labute approximate surface area is 113 Å². The average molecular weight is 264 g/mol. The van der Waals surface area contributed by atoms with Gasteiger partial charge in [-0.25, -0.2) is 14.8 Å². The van der Waals surface area contributed by atoms with Crippen LogP contribution < -0.4 is 5.73 Å². The van der Waals surface area contributed by atoms with Gasteiger partial charge in [-0.3, -0.25) is 0 Å². The van der Waals surface area contributed by atoms with Crippen LogP contribution >= 0.6 is 0 Å². The van der Waals surface area contributed by atoms with Gasteiger partial charge in [-0.05, 0) is 33.3 Å². The van der Waals surface area contributed by atoms with Crippen LogP contribution in [-0.2, 0) is 10.3 Å². The molecule has 0 radical (unpaired) electrons. The molecular formula is C13H20N4O2. The number of hydrogen-bond acceptors (Lipinski definition) is 5. The van der Waals surface area contributed by atoms with Crippen LogP contribution in [0, 0.1) is 0 Å². The summed E-state index contributed by atoms with van der Waals surface area (Å²) in [4.78, 5) is 21.7. The summed E-state index contributed by atoms with van der Waals surface area (Å²) in [6.45, 7) is 6.54.